The molecular weight excluding hydrogens is 202 g/mol. The second-order valence-electron chi connectivity index (χ2n) is 4.20. The van der Waals surface area contributed by atoms with Crippen LogP contribution in [0.25, 0.3) is 0 Å². The van der Waals surface area contributed by atoms with Gasteiger partial charge in [0.1, 0.15) is 0 Å². The molecule has 1 aliphatic heterocycles. The second-order valence-corrected chi connectivity index (χ2v) is 4.20. The first-order valence-corrected chi connectivity index (χ1v) is 5.54. The molecule has 0 unspecified atom stereocenters. The van der Waals surface area contributed by atoms with E-state index in [1.807, 2.05) is 24.3 Å². The molecule has 16 heavy (non-hydrogen) atoms. The van der Waals surface area contributed by atoms with Crippen molar-refractivity contribution in [3.63, 3.8) is 0 Å². The van der Waals surface area contributed by atoms with Crippen LogP contribution >= 0.6 is 0 Å². The summed E-state index contributed by atoms with van der Waals surface area (Å²) in [6.45, 7) is 1.28. The van der Waals surface area contributed by atoms with Crippen molar-refractivity contribution in [2.75, 3.05) is 13.2 Å². The van der Waals surface area contributed by atoms with Crippen LogP contribution in [0.1, 0.15) is 17.5 Å². The fourth-order valence-electron chi connectivity index (χ4n) is 2.00. The molecule has 2 rings (SSSR count). The molecule has 1 fully saturated rings. The van der Waals surface area contributed by atoms with Crippen LogP contribution < -0.4 is 0 Å². The van der Waals surface area contributed by atoms with E-state index < -0.39 is 0 Å². The van der Waals surface area contributed by atoms with Crippen LogP contribution in [0, 0.1) is 17.2 Å². The number of nitriles is 1. The van der Waals surface area contributed by atoms with Crippen LogP contribution in [0.3, 0.4) is 0 Å². The summed E-state index contributed by atoms with van der Waals surface area (Å²) in [5.74, 6) is 0.182. The zero-order chi connectivity index (χ0) is 11.4. The van der Waals surface area contributed by atoms with Gasteiger partial charge in [0.15, 0.2) is 0 Å². The number of nitrogens with zero attached hydrogens (tertiary/aromatic N) is 1. The molecule has 3 nitrogen and oxygen atoms in total. The van der Waals surface area contributed by atoms with E-state index in [1.165, 1.54) is 0 Å². The monoisotopic (exact) mass is 217 g/mol. The molecule has 1 aromatic carbocycles. The first kappa shape index (κ1) is 11.1. The van der Waals surface area contributed by atoms with Gasteiger partial charge in [-0.2, -0.15) is 5.26 Å². The Morgan fingerprint density at radius 2 is 2.12 bits per heavy atom. The lowest BCUT2D eigenvalue weighted by molar-refractivity contribution is -0.0350. The van der Waals surface area contributed by atoms with Crippen LogP contribution in [0.2, 0.25) is 0 Å². The standard InChI is InChI=1S/C13H15NO2/c14-8-11-3-1-10(2-4-11)7-12-9-16-6-5-13(12)15/h1-4,12-13,15H,5-7,9H2/t12-,13-/m1/s1. The summed E-state index contributed by atoms with van der Waals surface area (Å²) in [5.41, 5.74) is 1.82. The molecule has 0 spiro atoms. The minimum absolute atomic E-state index is 0.182. The Bertz CT molecular complexity index is 380. The third kappa shape index (κ3) is 2.60. The van der Waals surface area contributed by atoms with Gasteiger partial charge in [-0.1, -0.05) is 12.1 Å². The molecule has 0 radical (unpaired) electrons. The Hall–Kier alpha value is -1.37. The lowest BCUT2D eigenvalue weighted by Crippen LogP contribution is -2.33. The van der Waals surface area contributed by atoms with E-state index in [1.54, 1.807) is 0 Å². The third-order valence-corrected chi connectivity index (χ3v) is 3.01. The lowest BCUT2D eigenvalue weighted by Gasteiger charge is -2.27. The normalized spacial score (nSPS) is 25.0. The van der Waals surface area contributed by atoms with Gasteiger partial charge in [-0.05, 0) is 30.5 Å². The molecule has 3 heteroatoms. The maximum atomic E-state index is 9.80. The molecule has 2 atom stereocenters. The number of aliphatic hydroxyl groups is 1. The number of hydrogen-bond donors (Lipinski definition) is 1. The van der Waals surface area contributed by atoms with Crippen LogP contribution in [-0.2, 0) is 11.2 Å². The predicted molar refractivity (Wildman–Crippen MR) is 59.8 cm³/mol. The van der Waals surface area contributed by atoms with Gasteiger partial charge in [0.2, 0.25) is 0 Å². The highest BCUT2D eigenvalue weighted by Gasteiger charge is 2.23. The summed E-state index contributed by atoms with van der Waals surface area (Å²) in [6.07, 6.45) is 1.28. The number of aliphatic hydroxyl groups excluding tert-OH is 1. The zero-order valence-electron chi connectivity index (χ0n) is 9.10. The Morgan fingerprint density at radius 3 is 2.75 bits per heavy atom. The number of benzene rings is 1. The van der Waals surface area contributed by atoms with Gasteiger partial charge in [0.05, 0.1) is 24.3 Å². The van der Waals surface area contributed by atoms with E-state index in [0.717, 1.165) is 18.4 Å². The molecule has 1 N–H and O–H groups in total. The first-order valence-electron chi connectivity index (χ1n) is 5.54. The molecule has 1 aromatic rings. The summed E-state index contributed by atoms with van der Waals surface area (Å²) >= 11 is 0. The minimum Gasteiger partial charge on any atom is -0.393 e. The van der Waals surface area contributed by atoms with E-state index >= 15 is 0 Å². The average molecular weight is 217 g/mol. The number of ether oxygens (including phenoxy) is 1. The Kier molecular flexibility index (Phi) is 3.55. The molecule has 0 aromatic heterocycles. The van der Waals surface area contributed by atoms with Crippen LogP contribution in [0.4, 0.5) is 0 Å². The third-order valence-electron chi connectivity index (χ3n) is 3.01. The van der Waals surface area contributed by atoms with Gasteiger partial charge in [0, 0.05) is 12.5 Å². The van der Waals surface area contributed by atoms with Crippen LogP contribution in [-0.4, -0.2) is 24.4 Å². The molecule has 0 amide bonds. The highest BCUT2D eigenvalue weighted by atomic mass is 16.5. The number of hydrogen-bond acceptors (Lipinski definition) is 3. The van der Waals surface area contributed by atoms with Crippen molar-refractivity contribution in [3.8, 4) is 6.07 Å². The van der Waals surface area contributed by atoms with Crippen molar-refractivity contribution >= 4 is 0 Å². The largest absolute Gasteiger partial charge is 0.393 e. The van der Waals surface area contributed by atoms with E-state index in [-0.39, 0.29) is 12.0 Å². The lowest BCUT2D eigenvalue weighted by atomic mass is 9.91. The second kappa shape index (κ2) is 5.11. The Morgan fingerprint density at radius 1 is 1.38 bits per heavy atom. The molecule has 1 saturated heterocycles. The van der Waals surface area contributed by atoms with E-state index in [4.69, 9.17) is 10.00 Å². The molecular formula is C13H15NO2. The summed E-state index contributed by atoms with van der Waals surface area (Å²) in [5, 5.41) is 18.5. The maximum Gasteiger partial charge on any atom is 0.0991 e. The summed E-state index contributed by atoms with van der Waals surface area (Å²) < 4.78 is 5.36. The SMILES string of the molecule is N#Cc1ccc(C[C@@H]2COCC[C@H]2O)cc1. The summed E-state index contributed by atoms with van der Waals surface area (Å²) in [4.78, 5) is 0. The molecule has 0 saturated carbocycles. The molecule has 0 aliphatic carbocycles. The van der Waals surface area contributed by atoms with E-state index in [9.17, 15) is 5.11 Å². The highest BCUT2D eigenvalue weighted by molar-refractivity contribution is 5.31. The maximum absolute atomic E-state index is 9.80. The average Bonchev–Trinajstić information content (AvgIpc) is 2.33. The zero-order valence-corrected chi connectivity index (χ0v) is 9.10. The van der Waals surface area contributed by atoms with Gasteiger partial charge >= 0.3 is 0 Å². The predicted octanol–water partition coefficient (Wildman–Crippen LogP) is 1.50. The Balaban J connectivity index is 2.00. The van der Waals surface area contributed by atoms with Crippen LogP contribution in [0.15, 0.2) is 24.3 Å². The fraction of sp³-hybridized carbons (Fsp3) is 0.462. The summed E-state index contributed by atoms with van der Waals surface area (Å²) in [6, 6.07) is 9.60. The van der Waals surface area contributed by atoms with Gasteiger partial charge < -0.3 is 9.84 Å². The molecule has 0 bridgehead atoms. The van der Waals surface area contributed by atoms with Gasteiger partial charge in [-0.15, -0.1) is 0 Å². The molecule has 1 heterocycles. The summed E-state index contributed by atoms with van der Waals surface area (Å²) in [7, 11) is 0. The fourth-order valence-corrected chi connectivity index (χ4v) is 2.00. The highest BCUT2D eigenvalue weighted by Crippen LogP contribution is 2.19. The topological polar surface area (TPSA) is 53.2 Å². The van der Waals surface area contributed by atoms with E-state index in [0.29, 0.717) is 18.8 Å². The molecule has 84 valence electrons. The van der Waals surface area contributed by atoms with Crippen molar-refractivity contribution in [3.05, 3.63) is 35.4 Å². The quantitative estimate of drug-likeness (QED) is 0.816. The first-order chi connectivity index (χ1) is 7.79. The number of rotatable bonds is 2. The van der Waals surface area contributed by atoms with Gasteiger partial charge in [-0.3, -0.25) is 0 Å². The van der Waals surface area contributed by atoms with Crippen molar-refractivity contribution in [1.29, 1.82) is 5.26 Å². The Labute approximate surface area is 95.3 Å². The van der Waals surface area contributed by atoms with Gasteiger partial charge in [0.25, 0.3) is 0 Å². The smallest absolute Gasteiger partial charge is 0.0991 e. The van der Waals surface area contributed by atoms with Crippen molar-refractivity contribution in [2.24, 2.45) is 5.92 Å². The molecule has 1 aliphatic rings. The van der Waals surface area contributed by atoms with Crippen molar-refractivity contribution in [1.82, 2.24) is 0 Å². The van der Waals surface area contributed by atoms with Crippen LogP contribution in [0.5, 0.6) is 0 Å². The minimum atomic E-state index is -0.260. The van der Waals surface area contributed by atoms with E-state index in [2.05, 4.69) is 6.07 Å². The van der Waals surface area contributed by atoms with Crippen molar-refractivity contribution < 1.29 is 9.84 Å². The van der Waals surface area contributed by atoms with Gasteiger partial charge in [-0.25, -0.2) is 0 Å². The van der Waals surface area contributed by atoms with Crippen molar-refractivity contribution in [2.45, 2.75) is 18.9 Å².